The predicted molar refractivity (Wildman–Crippen MR) is 74.1 cm³/mol. The van der Waals surface area contributed by atoms with Gasteiger partial charge in [0.25, 0.3) is 5.91 Å². The highest BCUT2D eigenvalue weighted by Crippen LogP contribution is 2.22. The molecule has 0 saturated carbocycles. The van der Waals surface area contributed by atoms with Gasteiger partial charge in [-0.05, 0) is 24.1 Å². The fourth-order valence-corrected chi connectivity index (χ4v) is 2.10. The summed E-state index contributed by atoms with van der Waals surface area (Å²) in [7, 11) is 0. The third kappa shape index (κ3) is 3.03. The van der Waals surface area contributed by atoms with E-state index in [0.29, 0.717) is 5.69 Å². The number of carboxylic acid groups (broad SMARTS) is 1. The number of carbonyl (C=O) groups excluding carboxylic acids is 2. The molecule has 1 aliphatic heterocycles. The largest absolute Gasteiger partial charge is 0.478 e. The standard InChI is InChI=1S/C14H16N2O5/c1-9(8-17)6-16-12(18)7-15(14(16)21)11-4-2-3-10(5-11)13(19)20/h2-5,9,17H,6-8H2,1H3,(H,19,20). The third-order valence-corrected chi connectivity index (χ3v) is 3.27. The van der Waals surface area contributed by atoms with Crippen molar-refractivity contribution < 1.29 is 24.6 Å². The molecular weight excluding hydrogens is 276 g/mol. The van der Waals surface area contributed by atoms with Crippen LogP contribution in [0, 0.1) is 5.92 Å². The number of hydrogen-bond acceptors (Lipinski definition) is 4. The van der Waals surface area contributed by atoms with Crippen LogP contribution >= 0.6 is 0 Å². The van der Waals surface area contributed by atoms with Crippen molar-refractivity contribution in [3.05, 3.63) is 29.8 Å². The average molecular weight is 292 g/mol. The summed E-state index contributed by atoms with van der Waals surface area (Å²) in [6.07, 6.45) is 0. The van der Waals surface area contributed by atoms with Crippen molar-refractivity contribution in [2.24, 2.45) is 5.92 Å². The van der Waals surface area contributed by atoms with Crippen LogP contribution in [0.1, 0.15) is 17.3 Å². The SMILES string of the molecule is CC(CO)CN1C(=O)CN(c2cccc(C(=O)O)c2)C1=O. The highest BCUT2D eigenvalue weighted by atomic mass is 16.4. The van der Waals surface area contributed by atoms with E-state index >= 15 is 0 Å². The fourth-order valence-electron chi connectivity index (χ4n) is 2.10. The second-order valence-corrected chi connectivity index (χ2v) is 5.02. The van der Waals surface area contributed by atoms with Crippen LogP contribution < -0.4 is 4.90 Å². The highest BCUT2D eigenvalue weighted by Gasteiger charge is 2.37. The van der Waals surface area contributed by atoms with Gasteiger partial charge in [-0.15, -0.1) is 0 Å². The normalized spacial score (nSPS) is 16.5. The Bertz CT molecular complexity index is 586. The van der Waals surface area contributed by atoms with Crippen molar-refractivity contribution in [3.63, 3.8) is 0 Å². The number of aromatic carboxylic acids is 1. The van der Waals surface area contributed by atoms with Crippen molar-refractivity contribution >= 4 is 23.6 Å². The Morgan fingerprint density at radius 1 is 1.38 bits per heavy atom. The molecule has 112 valence electrons. The summed E-state index contributed by atoms with van der Waals surface area (Å²) < 4.78 is 0. The number of aliphatic hydroxyl groups is 1. The van der Waals surface area contributed by atoms with Gasteiger partial charge in [-0.25, -0.2) is 9.59 Å². The van der Waals surface area contributed by atoms with E-state index < -0.39 is 12.0 Å². The third-order valence-electron chi connectivity index (χ3n) is 3.27. The van der Waals surface area contributed by atoms with Gasteiger partial charge >= 0.3 is 12.0 Å². The average Bonchev–Trinajstić information content (AvgIpc) is 2.75. The molecule has 0 radical (unpaired) electrons. The summed E-state index contributed by atoms with van der Waals surface area (Å²) in [5, 5.41) is 18.0. The van der Waals surface area contributed by atoms with Crippen molar-refractivity contribution in [1.29, 1.82) is 0 Å². The van der Waals surface area contributed by atoms with Gasteiger partial charge in [0.15, 0.2) is 0 Å². The molecule has 1 atom stereocenters. The second kappa shape index (κ2) is 5.92. The zero-order chi connectivity index (χ0) is 15.6. The monoisotopic (exact) mass is 292 g/mol. The fraction of sp³-hybridized carbons (Fsp3) is 0.357. The molecule has 7 nitrogen and oxygen atoms in total. The number of urea groups is 1. The number of aliphatic hydroxyl groups excluding tert-OH is 1. The molecule has 1 aliphatic rings. The summed E-state index contributed by atoms with van der Waals surface area (Å²) in [6, 6.07) is 5.38. The van der Waals surface area contributed by atoms with E-state index in [2.05, 4.69) is 0 Å². The van der Waals surface area contributed by atoms with Crippen LogP contribution in [0.2, 0.25) is 0 Å². The highest BCUT2D eigenvalue weighted by molar-refractivity contribution is 6.12. The van der Waals surface area contributed by atoms with Gasteiger partial charge in [0.05, 0.1) is 5.56 Å². The Morgan fingerprint density at radius 2 is 2.10 bits per heavy atom. The van der Waals surface area contributed by atoms with E-state index in [0.717, 1.165) is 4.90 Å². The molecule has 1 aromatic carbocycles. The van der Waals surface area contributed by atoms with Gasteiger partial charge in [-0.1, -0.05) is 13.0 Å². The number of imide groups is 1. The molecule has 1 aromatic rings. The summed E-state index contributed by atoms with van der Waals surface area (Å²) in [5.74, 6) is -1.66. The Labute approximate surface area is 121 Å². The zero-order valence-electron chi connectivity index (χ0n) is 11.5. The number of carboxylic acids is 1. The maximum Gasteiger partial charge on any atom is 0.335 e. The van der Waals surface area contributed by atoms with E-state index in [1.54, 1.807) is 13.0 Å². The van der Waals surface area contributed by atoms with E-state index in [1.165, 1.54) is 23.1 Å². The minimum Gasteiger partial charge on any atom is -0.478 e. The Kier molecular flexibility index (Phi) is 4.23. The van der Waals surface area contributed by atoms with Crippen LogP contribution in [0.3, 0.4) is 0 Å². The number of benzene rings is 1. The zero-order valence-corrected chi connectivity index (χ0v) is 11.5. The van der Waals surface area contributed by atoms with E-state index in [-0.39, 0.29) is 37.1 Å². The van der Waals surface area contributed by atoms with Gasteiger partial charge in [0.2, 0.25) is 0 Å². The van der Waals surface area contributed by atoms with Gasteiger partial charge in [-0.2, -0.15) is 0 Å². The Morgan fingerprint density at radius 3 is 2.71 bits per heavy atom. The van der Waals surface area contributed by atoms with Crippen molar-refractivity contribution in [2.45, 2.75) is 6.92 Å². The lowest BCUT2D eigenvalue weighted by Gasteiger charge is -2.19. The molecule has 2 N–H and O–H groups in total. The summed E-state index contributed by atoms with van der Waals surface area (Å²) in [5.41, 5.74) is 0.419. The van der Waals surface area contributed by atoms with E-state index in [9.17, 15) is 14.4 Å². The lowest BCUT2D eigenvalue weighted by molar-refractivity contribution is -0.125. The number of amides is 3. The van der Waals surface area contributed by atoms with Crippen LogP contribution in [0.25, 0.3) is 0 Å². The van der Waals surface area contributed by atoms with Crippen molar-refractivity contribution in [2.75, 3.05) is 24.6 Å². The number of anilines is 1. The summed E-state index contributed by atoms with van der Waals surface area (Å²) >= 11 is 0. The summed E-state index contributed by atoms with van der Waals surface area (Å²) in [6.45, 7) is 1.63. The number of hydrogen-bond donors (Lipinski definition) is 2. The first-order valence-corrected chi connectivity index (χ1v) is 6.50. The van der Waals surface area contributed by atoms with Crippen LogP contribution in [0.15, 0.2) is 24.3 Å². The quantitative estimate of drug-likeness (QED) is 0.782. The molecule has 1 saturated heterocycles. The topological polar surface area (TPSA) is 98.2 Å². The lowest BCUT2D eigenvalue weighted by Crippen LogP contribution is -2.37. The molecule has 0 spiro atoms. The molecule has 0 aliphatic carbocycles. The molecular formula is C14H16N2O5. The molecule has 0 aromatic heterocycles. The maximum absolute atomic E-state index is 12.3. The van der Waals surface area contributed by atoms with Crippen LogP contribution in [0.4, 0.5) is 10.5 Å². The van der Waals surface area contributed by atoms with Gasteiger partial charge in [0, 0.05) is 18.8 Å². The molecule has 2 rings (SSSR count). The van der Waals surface area contributed by atoms with Crippen molar-refractivity contribution in [1.82, 2.24) is 4.90 Å². The van der Waals surface area contributed by atoms with Crippen molar-refractivity contribution in [3.8, 4) is 0 Å². The van der Waals surface area contributed by atoms with Gasteiger partial charge < -0.3 is 10.2 Å². The molecule has 1 heterocycles. The number of rotatable bonds is 5. The second-order valence-electron chi connectivity index (χ2n) is 5.02. The lowest BCUT2D eigenvalue weighted by atomic mass is 10.2. The van der Waals surface area contributed by atoms with Crippen LogP contribution in [0.5, 0.6) is 0 Å². The van der Waals surface area contributed by atoms with Gasteiger partial charge in [0.1, 0.15) is 6.54 Å². The smallest absolute Gasteiger partial charge is 0.335 e. The van der Waals surface area contributed by atoms with Crippen LogP contribution in [-0.2, 0) is 4.79 Å². The first-order valence-electron chi connectivity index (χ1n) is 6.50. The molecule has 0 bridgehead atoms. The number of carbonyl (C=O) groups is 3. The minimum absolute atomic E-state index is 0.0509. The first kappa shape index (κ1) is 15.0. The Hall–Kier alpha value is -2.41. The van der Waals surface area contributed by atoms with E-state index in [1.807, 2.05) is 0 Å². The predicted octanol–water partition coefficient (Wildman–Crippen LogP) is 0.782. The molecule has 21 heavy (non-hydrogen) atoms. The molecule has 1 fully saturated rings. The van der Waals surface area contributed by atoms with E-state index in [4.69, 9.17) is 10.2 Å². The first-order chi connectivity index (χ1) is 9.93. The number of nitrogens with zero attached hydrogens (tertiary/aromatic N) is 2. The minimum atomic E-state index is -1.10. The Balaban J connectivity index is 2.22. The van der Waals surface area contributed by atoms with Crippen LogP contribution in [-0.4, -0.2) is 52.7 Å². The van der Waals surface area contributed by atoms with Gasteiger partial charge in [-0.3, -0.25) is 14.6 Å². The molecule has 7 heteroatoms. The molecule has 3 amide bonds. The summed E-state index contributed by atoms with van der Waals surface area (Å²) in [4.78, 5) is 37.4. The maximum atomic E-state index is 12.3. The molecule has 1 unspecified atom stereocenters.